The molecule has 0 bridgehead atoms. The summed E-state index contributed by atoms with van der Waals surface area (Å²) in [6, 6.07) is 0. The Labute approximate surface area is 99.0 Å². The molecule has 92 valence electrons. The monoisotopic (exact) mass is 238 g/mol. The fourth-order valence-electron chi connectivity index (χ4n) is 1.53. The smallest absolute Gasteiger partial charge is 0.184 e. The maximum Gasteiger partial charge on any atom is 0.184 e. The Morgan fingerprint density at radius 3 is 1.71 bits per heavy atom. The highest BCUT2D eigenvalue weighted by Crippen LogP contribution is 2.16. The molecule has 0 aliphatic carbocycles. The van der Waals surface area contributed by atoms with E-state index >= 15 is 0 Å². The molecule has 0 aromatic heterocycles. The molecule has 5 nitrogen and oxygen atoms in total. The molecule has 2 aliphatic heterocycles. The highest BCUT2D eigenvalue weighted by molar-refractivity contribution is 5.94. The Balaban J connectivity index is 1.94. The summed E-state index contributed by atoms with van der Waals surface area (Å²) in [4.78, 5) is 22.3. The van der Waals surface area contributed by atoms with Gasteiger partial charge in [0.05, 0.1) is 0 Å². The van der Waals surface area contributed by atoms with Crippen molar-refractivity contribution in [2.45, 2.75) is 38.6 Å². The van der Waals surface area contributed by atoms with Crippen LogP contribution in [0.2, 0.25) is 0 Å². The number of ketones is 2. The van der Waals surface area contributed by atoms with Crippen LogP contribution in [-0.4, -0.2) is 36.4 Å². The summed E-state index contributed by atoms with van der Waals surface area (Å²) >= 11 is 0. The van der Waals surface area contributed by atoms with Gasteiger partial charge in [0, 0.05) is 0 Å². The predicted molar refractivity (Wildman–Crippen MR) is 58.0 cm³/mol. The predicted octanol–water partition coefficient (Wildman–Crippen LogP) is 0.743. The van der Waals surface area contributed by atoms with Gasteiger partial charge in [-0.2, -0.15) is 0 Å². The average Bonchev–Trinajstić information content (AvgIpc) is 2.29. The standard InChI is InChI=1S/C12H14O5/c1-7-9(13)3-5-11(15-7)17-12-6-4-10(14)8(2)16-12/h3-8,11-12H,1-2H3. The SMILES string of the molecule is CC1OC(OC2C=CC(=O)C(C)O2)C=CC1=O. The number of rotatable bonds is 2. The van der Waals surface area contributed by atoms with Gasteiger partial charge in [0.15, 0.2) is 24.1 Å². The van der Waals surface area contributed by atoms with Crippen LogP contribution in [0.1, 0.15) is 13.8 Å². The Morgan fingerprint density at radius 1 is 0.941 bits per heavy atom. The van der Waals surface area contributed by atoms with Crippen molar-refractivity contribution in [3.63, 3.8) is 0 Å². The van der Waals surface area contributed by atoms with Crippen molar-refractivity contribution in [1.82, 2.24) is 0 Å². The van der Waals surface area contributed by atoms with E-state index in [9.17, 15) is 9.59 Å². The Morgan fingerprint density at radius 2 is 1.35 bits per heavy atom. The molecule has 0 N–H and O–H groups in total. The lowest BCUT2D eigenvalue weighted by atomic mass is 10.2. The van der Waals surface area contributed by atoms with Crippen molar-refractivity contribution >= 4 is 11.6 Å². The molecule has 17 heavy (non-hydrogen) atoms. The van der Waals surface area contributed by atoms with E-state index in [1.807, 2.05) is 0 Å². The third kappa shape index (κ3) is 2.88. The van der Waals surface area contributed by atoms with Gasteiger partial charge in [-0.05, 0) is 38.2 Å². The molecule has 2 heterocycles. The van der Waals surface area contributed by atoms with E-state index < -0.39 is 24.8 Å². The van der Waals surface area contributed by atoms with Crippen LogP contribution >= 0.6 is 0 Å². The first-order chi connectivity index (χ1) is 8.06. The van der Waals surface area contributed by atoms with Gasteiger partial charge in [-0.15, -0.1) is 0 Å². The van der Waals surface area contributed by atoms with Crippen LogP contribution in [0.3, 0.4) is 0 Å². The Bertz CT molecular complexity index is 348. The first-order valence-electron chi connectivity index (χ1n) is 5.47. The second kappa shape index (κ2) is 4.91. The molecule has 0 fully saturated rings. The van der Waals surface area contributed by atoms with Crippen LogP contribution in [-0.2, 0) is 23.8 Å². The molecule has 0 aromatic rings. The third-order valence-corrected chi connectivity index (χ3v) is 2.58. The summed E-state index contributed by atoms with van der Waals surface area (Å²) < 4.78 is 16.1. The molecule has 2 rings (SSSR count). The van der Waals surface area contributed by atoms with Crippen LogP contribution in [0.4, 0.5) is 0 Å². The summed E-state index contributed by atoms with van der Waals surface area (Å²) in [6.45, 7) is 3.32. The van der Waals surface area contributed by atoms with Gasteiger partial charge in [0.1, 0.15) is 12.2 Å². The van der Waals surface area contributed by atoms with Crippen LogP contribution < -0.4 is 0 Å². The first kappa shape index (κ1) is 12.2. The van der Waals surface area contributed by atoms with Crippen molar-refractivity contribution in [3.8, 4) is 0 Å². The second-order valence-electron chi connectivity index (χ2n) is 3.95. The minimum Gasteiger partial charge on any atom is -0.338 e. The van der Waals surface area contributed by atoms with Gasteiger partial charge < -0.3 is 14.2 Å². The van der Waals surface area contributed by atoms with Crippen molar-refractivity contribution in [2.75, 3.05) is 0 Å². The molecule has 0 aromatic carbocycles. The first-order valence-corrected chi connectivity index (χ1v) is 5.47. The van der Waals surface area contributed by atoms with E-state index in [0.29, 0.717) is 0 Å². The van der Waals surface area contributed by atoms with Crippen molar-refractivity contribution < 1.29 is 23.8 Å². The van der Waals surface area contributed by atoms with Crippen molar-refractivity contribution in [2.24, 2.45) is 0 Å². The summed E-state index contributed by atoms with van der Waals surface area (Å²) in [5.41, 5.74) is 0. The average molecular weight is 238 g/mol. The highest BCUT2D eigenvalue weighted by atomic mass is 16.8. The summed E-state index contributed by atoms with van der Waals surface area (Å²) in [6.07, 6.45) is 3.63. The minimum absolute atomic E-state index is 0.0894. The molecule has 0 spiro atoms. The Hall–Kier alpha value is -1.30. The van der Waals surface area contributed by atoms with E-state index in [0.717, 1.165) is 0 Å². The van der Waals surface area contributed by atoms with Gasteiger partial charge in [0.2, 0.25) is 0 Å². The summed E-state index contributed by atoms with van der Waals surface area (Å²) in [7, 11) is 0. The van der Waals surface area contributed by atoms with Gasteiger partial charge in [-0.1, -0.05) is 0 Å². The highest BCUT2D eigenvalue weighted by Gasteiger charge is 2.27. The molecule has 0 radical (unpaired) electrons. The molecule has 4 atom stereocenters. The molecule has 0 saturated carbocycles. The fourth-order valence-corrected chi connectivity index (χ4v) is 1.53. The lowest BCUT2D eigenvalue weighted by Gasteiger charge is -2.28. The lowest BCUT2D eigenvalue weighted by Crippen LogP contribution is -2.37. The van der Waals surface area contributed by atoms with E-state index in [1.165, 1.54) is 24.3 Å². The molecular weight excluding hydrogens is 224 g/mol. The zero-order valence-corrected chi connectivity index (χ0v) is 9.66. The minimum atomic E-state index is -0.627. The fraction of sp³-hybridized carbons (Fsp3) is 0.500. The van der Waals surface area contributed by atoms with Gasteiger partial charge >= 0.3 is 0 Å². The summed E-state index contributed by atoms with van der Waals surface area (Å²) in [5.74, 6) is -0.179. The molecule has 0 amide bonds. The quantitative estimate of drug-likeness (QED) is 0.710. The van der Waals surface area contributed by atoms with Crippen LogP contribution in [0.5, 0.6) is 0 Å². The van der Waals surface area contributed by atoms with Gasteiger partial charge in [-0.25, -0.2) is 0 Å². The van der Waals surface area contributed by atoms with Crippen LogP contribution in [0.15, 0.2) is 24.3 Å². The maximum atomic E-state index is 11.2. The third-order valence-electron chi connectivity index (χ3n) is 2.58. The largest absolute Gasteiger partial charge is 0.338 e. The molecule has 0 saturated heterocycles. The van der Waals surface area contributed by atoms with E-state index in [4.69, 9.17) is 14.2 Å². The van der Waals surface area contributed by atoms with Gasteiger partial charge in [-0.3, -0.25) is 9.59 Å². The zero-order chi connectivity index (χ0) is 12.4. The number of carbonyl (C=O) groups excluding carboxylic acids is 2. The number of ether oxygens (including phenoxy) is 3. The molecule has 5 heteroatoms. The molecular formula is C12H14O5. The number of hydrogen-bond acceptors (Lipinski definition) is 5. The Kier molecular flexibility index (Phi) is 3.51. The van der Waals surface area contributed by atoms with Crippen molar-refractivity contribution in [3.05, 3.63) is 24.3 Å². The number of carbonyl (C=O) groups is 2. The normalized spacial score (nSPS) is 37.5. The van der Waals surface area contributed by atoms with Crippen LogP contribution in [0.25, 0.3) is 0 Å². The summed E-state index contributed by atoms with van der Waals surface area (Å²) in [5, 5.41) is 0. The lowest BCUT2D eigenvalue weighted by molar-refractivity contribution is -0.231. The molecule has 2 aliphatic rings. The van der Waals surface area contributed by atoms with E-state index in [1.54, 1.807) is 13.8 Å². The van der Waals surface area contributed by atoms with Crippen LogP contribution in [0, 0.1) is 0 Å². The van der Waals surface area contributed by atoms with E-state index in [2.05, 4.69) is 0 Å². The maximum absolute atomic E-state index is 11.2. The van der Waals surface area contributed by atoms with Gasteiger partial charge in [0.25, 0.3) is 0 Å². The topological polar surface area (TPSA) is 61.8 Å². The zero-order valence-electron chi connectivity index (χ0n) is 9.66. The van der Waals surface area contributed by atoms with Crippen molar-refractivity contribution in [1.29, 1.82) is 0 Å². The number of hydrogen-bond donors (Lipinski definition) is 0. The molecule has 4 unspecified atom stereocenters. The second-order valence-corrected chi connectivity index (χ2v) is 3.95. The van der Waals surface area contributed by atoms with E-state index in [-0.39, 0.29) is 11.6 Å².